The highest BCUT2D eigenvalue weighted by Crippen LogP contribution is 2.36. The van der Waals surface area contributed by atoms with E-state index in [1.54, 1.807) is 45.6 Å². The second-order valence-corrected chi connectivity index (χ2v) is 23.9. The summed E-state index contributed by atoms with van der Waals surface area (Å²) >= 11 is 0. The summed E-state index contributed by atoms with van der Waals surface area (Å²) in [5.41, 5.74) is 14.3. The van der Waals surface area contributed by atoms with Crippen molar-refractivity contribution in [2.24, 2.45) is 0 Å². The topological polar surface area (TPSA) is 36.9 Å². The molecule has 0 radical (unpaired) electrons. The molecule has 4 rings (SSSR count). The van der Waals surface area contributed by atoms with Crippen LogP contribution >= 0.6 is 0 Å². The van der Waals surface area contributed by atoms with Crippen LogP contribution in [0.15, 0.2) is 220 Å². The molecule has 0 N–H and O–H groups in total. The molecule has 0 aliphatic rings. The van der Waals surface area contributed by atoms with E-state index < -0.39 is 39.4 Å². The van der Waals surface area contributed by atoms with Crippen LogP contribution in [0.1, 0.15) is 0 Å². The number of benzene rings is 4. The third-order valence-electron chi connectivity index (χ3n) is 8.50. The maximum Gasteiger partial charge on any atom is 0.376 e. The van der Waals surface area contributed by atoms with Crippen molar-refractivity contribution in [1.82, 2.24) is 0 Å². The first kappa shape index (κ1) is 37.3. The summed E-state index contributed by atoms with van der Waals surface area (Å²) in [5, 5.41) is 3.44. The van der Waals surface area contributed by atoms with Gasteiger partial charge in [0.05, 0.1) is 0 Å². The second kappa shape index (κ2) is 16.3. The van der Waals surface area contributed by atoms with Crippen LogP contribution in [0.2, 0.25) is 0 Å². The molecule has 0 aliphatic carbocycles. The minimum atomic E-state index is -3.42. The van der Waals surface area contributed by atoms with Crippen molar-refractivity contribution in [3.63, 3.8) is 0 Å². The van der Waals surface area contributed by atoms with Crippen LogP contribution in [-0.2, 0) is 17.7 Å². The fraction of sp³-hybridized carbons (Fsp3) is 0.0244. The Hall–Kier alpha value is -4.49. The third-order valence-corrected chi connectivity index (χ3v) is 20.6. The average molecular weight is 713 g/mol. The van der Waals surface area contributed by atoms with Gasteiger partial charge in [0.25, 0.3) is 33.3 Å². The second-order valence-electron chi connectivity index (χ2n) is 11.2. The van der Waals surface area contributed by atoms with Crippen LogP contribution in [0, 0.1) is 0 Å². The summed E-state index contributed by atoms with van der Waals surface area (Å²) in [4.78, 5) is 0. The van der Waals surface area contributed by atoms with Crippen molar-refractivity contribution in [3.8, 4) is 0 Å². The van der Waals surface area contributed by atoms with Gasteiger partial charge in [-0.1, -0.05) is 167 Å². The lowest BCUT2D eigenvalue weighted by atomic mass is 10.4. The molecule has 0 bridgehead atoms. The van der Waals surface area contributed by atoms with Gasteiger partial charge in [-0.05, 0) is 20.7 Å². The largest absolute Gasteiger partial charge is 0.376 e. The van der Waals surface area contributed by atoms with Crippen molar-refractivity contribution < 1.29 is 17.7 Å². The van der Waals surface area contributed by atoms with Crippen LogP contribution in [0.25, 0.3) is 0 Å². The highest BCUT2D eigenvalue weighted by Gasteiger charge is 2.57. The Morgan fingerprint density at radius 1 is 0.306 bits per heavy atom. The van der Waals surface area contributed by atoms with Gasteiger partial charge in [0.15, 0.2) is 0 Å². The molecule has 4 nitrogen and oxygen atoms in total. The predicted octanol–water partition coefficient (Wildman–Crippen LogP) is 6.88. The Bertz CT molecular complexity index is 1480. The Balaban J connectivity index is 2.16. The summed E-state index contributed by atoms with van der Waals surface area (Å²) in [6.07, 6.45) is -2.26. The van der Waals surface area contributed by atoms with Gasteiger partial charge in [-0.2, -0.15) is 0 Å². The van der Waals surface area contributed by atoms with Crippen LogP contribution in [0.4, 0.5) is 0 Å². The summed E-state index contributed by atoms with van der Waals surface area (Å²) < 4.78 is 29.6. The van der Waals surface area contributed by atoms with E-state index in [2.05, 4.69) is 52.6 Å². The molecule has 8 heteroatoms. The molecule has 0 unspecified atom stereocenters. The number of hydrogen-bond acceptors (Lipinski definition) is 4. The molecular weight excluding hydrogens is 669 g/mol. The summed E-state index contributed by atoms with van der Waals surface area (Å²) in [5.74, 6) is 0. The molecule has 0 saturated carbocycles. The van der Waals surface area contributed by atoms with Crippen LogP contribution in [-0.4, -0.2) is 39.4 Å². The molecule has 0 fully saturated rings. The smallest absolute Gasteiger partial charge is 0.335 e. The van der Waals surface area contributed by atoms with E-state index in [1.165, 1.54) is 0 Å². The zero-order valence-corrected chi connectivity index (χ0v) is 32.0. The van der Waals surface area contributed by atoms with Gasteiger partial charge in [0.2, 0.25) is 0 Å². The van der Waals surface area contributed by atoms with Crippen LogP contribution in [0.5, 0.6) is 0 Å². The van der Waals surface area contributed by atoms with E-state index in [9.17, 15) is 0 Å². The average Bonchev–Trinajstić information content (AvgIpc) is 3.19. The van der Waals surface area contributed by atoms with Crippen molar-refractivity contribution in [2.45, 2.75) is 6.16 Å². The Morgan fingerprint density at radius 2 is 0.469 bits per heavy atom. The van der Waals surface area contributed by atoms with E-state index in [0.717, 1.165) is 20.7 Å². The molecule has 0 saturated heterocycles. The third kappa shape index (κ3) is 7.57. The van der Waals surface area contributed by atoms with Crippen LogP contribution in [0.3, 0.4) is 0 Å². The molecule has 0 amide bonds. The fourth-order valence-corrected chi connectivity index (χ4v) is 14.8. The monoisotopic (exact) mass is 712 g/mol. The summed E-state index contributed by atoms with van der Waals surface area (Å²) in [7, 11) is -13.7. The fourth-order valence-electron chi connectivity index (χ4n) is 5.59. The SMILES string of the molecule is C=C[Si](C=C)(OC(O[Si](C=C)(C=C)c1ccccc1)(O[Si](C=C)(C=C)c1ccccc1)O[Si](C=C)(C=C)c1ccccc1)c1ccccc1. The minimum Gasteiger partial charge on any atom is -0.335 e. The molecule has 0 aliphatic heterocycles. The Labute approximate surface area is 296 Å². The number of rotatable bonds is 20. The van der Waals surface area contributed by atoms with Crippen molar-refractivity contribution in [2.75, 3.05) is 0 Å². The quantitative estimate of drug-likeness (QED) is 0.0741. The maximum atomic E-state index is 7.41. The van der Waals surface area contributed by atoms with E-state index in [1.807, 2.05) is 121 Å². The van der Waals surface area contributed by atoms with Gasteiger partial charge >= 0.3 is 6.16 Å². The van der Waals surface area contributed by atoms with E-state index in [4.69, 9.17) is 17.7 Å². The van der Waals surface area contributed by atoms with Crippen molar-refractivity contribution >= 4 is 54.0 Å². The normalized spacial score (nSPS) is 12.2. The van der Waals surface area contributed by atoms with Crippen LogP contribution < -0.4 is 20.7 Å². The predicted molar refractivity (Wildman–Crippen MR) is 216 cm³/mol. The minimum absolute atomic E-state index is 0.859. The maximum absolute atomic E-state index is 7.41. The first-order valence-electron chi connectivity index (χ1n) is 15.9. The zero-order chi connectivity index (χ0) is 35.4. The van der Waals surface area contributed by atoms with E-state index >= 15 is 0 Å². The van der Waals surface area contributed by atoms with Gasteiger partial charge < -0.3 is 17.7 Å². The first-order chi connectivity index (χ1) is 23.7. The Kier molecular flexibility index (Phi) is 12.4. The summed E-state index contributed by atoms with van der Waals surface area (Å²) in [6, 6.07) is 39.2. The molecule has 4 aromatic rings. The molecule has 0 aromatic heterocycles. The van der Waals surface area contributed by atoms with Gasteiger partial charge in [-0.25, -0.2) is 0 Å². The highest BCUT2D eigenvalue weighted by atomic mass is 28.4. The van der Waals surface area contributed by atoms with Gasteiger partial charge in [-0.15, -0.1) is 52.6 Å². The highest BCUT2D eigenvalue weighted by molar-refractivity contribution is 6.98. The first-order valence-corrected chi connectivity index (χ1v) is 24.1. The van der Waals surface area contributed by atoms with Gasteiger partial charge in [0, 0.05) is 0 Å². The molecule has 0 atom stereocenters. The van der Waals surface area contributed by atoms with Crippen molar-refractivity contribution in [1.29, 1.82) is 0 Å². The number of hydrogen-bond donors (Lipinski definition) is 0. The van der Waals surface area contributed by atoms with Gasteiger partial charge in [0.1, 0.15) is 0 Å². The lowest BCUT2D eigenvalue weighted by molar-refractivity contribution is -0.383. The summed E-state index contributed by atoms with van der Waals surface area (Å²) in [6.45, 7) is 34.1. The molecule has 49 heavy (non-hydrogen) atoms. The van der Waals surface area contributed by atoms with Gasteiger partial charge in [-0.3, -0.25) is 0 Å². The molecule has 4 aromatic carbocycles. The van der Waals surface area contributed by atoms with E-state index in [-0.39, 0.29) is 0 Å². The zero-order valence-electron chi connectivity index (χ0n) is 28.0. The Morgan fingerprint density at radius 3 is 0.612 bits per heavy atom. The molecular formula is C41H44O4Si4. The lowest BCUT2D eigenvalue weighted by Crippen LogP contribution is -2.70. The van der Waals surface area contributed by atoms with Crippen molar-refractivity contribution in [3.05, 3.63) is 220 Å². The molecule has 248 valence electrons. The standard InChI is InChI=1S/C41H44O4Si4/c1-9-46(10-2,37-29-21-17-22-30-37)42-41(43-47(11-3,12-4)38-31-23-18-24-32-38,44-48(13-5,14-6)39-33-25-19-26-34-39)45-49(15-7,16-8)40-35-27-20-28-36-40/h9-36H,1-8H2. The van der Waals surface area contributed by atoms with E-state index in [0.29, 0.717) is 0 Å². The molecule has 0 spiro atoms. The lowest BCUT2D eigenvalue weighted by Gasteiger charge is -2.49. The molecule has 0 heterocycles.